The molecular formula is C22H17N5O3S. The first-order valence-corrected chi connectivity index (χ1v) is 10.0. The van der Waals surface area contributed by atoms with Crippen molar-refractivity contribution < 1.29 is 14.4 Å². The molecule has 2 N–H and O–H groups in total. The summed E-state index contributed by atoms with van der Waals surface area (Å²) in [6, 6.07) is 15.2. The third-order valence-corrected chi connectivity index (χ3v) is 6.05. The number of nitrogens with zero attached hydrogens (tertiary/aromatic N) is 3. The van der Waals surface area contributed by atoms with Gasteiger partial charge in [-0.05, 0) is 23.3 Å². The molecule has 5 rings (SSSR count). The predicted octanol–water partition coefficient (Wildman–Crippen LogP) is 1.43. The average molecular weight is 431 g/mol. The zero-order valence-electron chi connectivity index (χ0n) is 16.3. The third-order valence-electron chi connectivity index (χ3n) is 5.65. The standard InChI is InChI=1S/C22H17N5O3S/c1-2-11-26-17(28)12-18(29)27(21(26)31)20-23-19(30)22(25-24-20)15-9-5-3-7-13(15)14-8-4-6-10-16(14)22/h2-10,25H,1,11-12H2,(H,23,24,30). The van der Waals surface area contributed by atoms with Gasteiger partial charge in [-0.15, -0.1) is 11.7 Å². The summed E-state index contributed by atoms with van der Waals surface area (Å²) >= 11 is 5.34. The van der Waals surface area contributed by atoms with Crippen molar-refractivity contribution in [2.24, 2.45) is 5.10 Å². The van der Waals surface area contributed by atoms with E-state index in [4.69, 9.17) is 12.2 Å². The Kier molecular flexibility index (Phi) is 4.23. The molecule has 1 spiro atoms. The van der Waals surface area contributed by atoms with Crippen LogP contribution in [0.15, 0.2) is 66.3 Å². The quantitative estimate of drug-likeness (QED) is 0.426. The van der Waals surface area contributed by atoms with Crippen LogP contribution in [-0.4, -0.2) is 45.1 Å². The minimum absolute atomic E-state index is 0.0508. The molecule has 1 aliphatic carbocycles. The minimum atomic E-state index is -1.23. The van der Waals surface area contributed by atoms with E-state index < -0.39 is 23.3 Å². The summed E-state index contributed by atoms with van der Waals surface area (Å²) in [7, 11) is 0. The summed E-state index contributed by atoms with van der Waals surface area (Å²) in [5.41, 5.74) is 5.19. The zero-order valence-corrected chi connectivity index (χ0v) is 17.1. The van der Waals surface area contributed by atoms with Gasteiger partial charge in [0.1, 0.15) is 6.42 Å². The van der Waals surface area contributed by atoms with E-state index in [9.17, 15) is 14.4 Å². The summed E-state index contributed by atoms with van der Waals surface area (Å²) < 4.78 is 0. The molecule has 2 aromatic rings. The monoisotopic (exact) mass is 431 g/mol. The first-order chi connectivity index (χ1) is 15.0. The normalized spacial score (nSPS) is 18.9. The first kappa shape index (κ1) is 19.1. The van der Waals surface area contributed by atoms with Gasteiger partial charge in [-0.25, -0.2) is 4.90 Å². The smallest absolute Gasteiger partial charge is 0.263 e. The highest BCUT2D eigenvalue weighted by Crippen LogP contribution is 2.48. The van der Waals surface area contributed by atoms with Gasteiger partial charge in [0.2, 0.25) is 17.8 Å². The summed E-state index contributed by atoms with van der Waals surface area (Å²) in [5.74, 6) is -1.43. The SMILES string of the molecule is C=CCN1C(=O)CC(=O)N(C2=NNC3(C(=O)N2)c2ccccc2-c2ccccc23)C1=S. The molecule has 31 heavy (non-hydrogen) atoms. The molecule has 154 valence electrons. The number of rotatable bonds is 2. The maximum atomic E-state index is 13.5. The Morgan fingerprint density at radius 1 is 1.03 bits per heavy atom. The Morgan fingerprint density at radius 2 is 1.65 bits per heavy atom. The number of fused-ring (bicyclic) bond motifs is 5. The highest BCUT2D eigenvalue weighted by molar-refractivity contribution is 7.80. The number of amides is 3. The van der Waals surface area contributed by atoms with Crippen molar-refractivity contribution in [1.82, 2.24) is 20.5 Å². The lowest BCUT2D eigenvalue weighted by atomic mass is 9.86. The van der Waals surface area contributed by atoms with Crippen molar-refractivity contribution >= 4 is 41.0 Å². The number of carbonyl (C=O) groups excluding carboxylic acids is 3. The lowest BCUT2D eigenvalue weighted by Gasteiger charge is -2.39. The molecule has 2 heterocycles. The fourth-order valence-corrected chi connectivity index (χ4v) is 4.64. The number of carbonyl (C=O) groups is 3. The zero-order chi connectivity index (χ0) is 21.8. The molecule has 0 radical (unpaired) electrons. The van der Waals surface area contributed by atoms with E-state index >= 15 is 0 Å². The molecule has 0 aromatic heterocycles. The molecule has 0 atom stereocenters. The number of benzene rings is 2. The molecule has 8 nitrogen and oxygen atoms in total. The molecule has 3 aliphatic rings. The molecule has 1 fully saturated rings. The van der Waals surface area contributed by atoms with Crippen LogP contribution in [0.3, 0.4) is 0 Å². The molecule has 0 saturated carbocycles. The van der Waals surface area contributed by atoms with Crippen molar-refractivity contribution in [3.63, 3.8) is 0 Å². The van der Waals surface area contributed by atoms with Gasteiger partial charge in [0.05, 0.1) is 0 Å². The van der Waals surface area contributed by atoms with Crippen LogP contribution in [0.1, 0.15) is 17.5 Å². The van der Waals surface area contributed by atoms with Crippen molar-refractivity contribution in [2.45, 2.75) is 12.0 Å². The Bertz CT molecular complexity index is 1180. The second-order valence-corrected chi connectivity index (χ2v) is 7.69. The van der Waals surface area contributed by atoms with Gasteiger partial charge in [0, 0.05) is 17.7 Å². The molecule has 2 aromatic carbocycles. The Morgan fingerprint density at radius 3 is 2.23 bits per heavy atom. The molecule has 2 aliphatic heterocycles. The first-order valence-electron chi connectivity index (χ1n) is 9.63. The highest BCUT2D eigenvalue weighted by Gasteiger charge is 2.52. The van der Waals surface area contributed by atoms with Crippen molar-refractivity contribution in [3.05, 3.63) is 72.3 Å². The topological polar surface area (TPSA) is 94.1 Å². The lowest BCUT2D eigenvalue weighted by Crippen LogP contribution is -2.66. The van der Waals surface area contributed by atoms with E-state index in [1.54, 1.807) is 0 Å². The average Bonchev–Trinajstić information content (AvgIpc) is 3.05. The maximum Gasteiger partial charge on any atom is 0.263 e. The summed E-state index contributed by atoms with van der Waals surface area (Å²) in [6.45, 7) is 3.77. The Labute approximate surface area is 183 Å². The van der Waals surface area contributed by atoms with Crippen LogP contribution in [0.2, 0.25) is 0 Å². The second-order valence-electron chi connectivity index (χ2n) is 7.32. The highest BCUT2D eigenvalue weighted by atomic mass is 32.1. The van der Waals surface area contributed by atoms with Gasteiger partial charge in [-0.1, -0.05) is 54.6 Å². The summed E-state index contributed by atoms with van der Waals surface area (Å²) in [6.07, 6.45) is 1.14. The maximum absolute atomic E-state index is 13.5. The van der Waals surface area contributed by atoms with E-state index in [-0.39, 0.29) is 24.0 Å². The van der Waals surface area contributed by atoms with Crippen LogP contribution in [0.4, 0.5) is 0 Å². The molecule has 0 bridgehead atoms. The number of guanidine groups is 1. The van der Waals surface area contributed by atoms with Gasteiger partial charge in [-0.2, -0.15) is 0 Å². The molecule has 3 amide bonds. The largest absolute Gasteiger partial charge is 0.292 e. The predicted molar refractivity (Wildman–Crippen MR) is 117 cm³/mol. The Hall–Kier alpha value is -3.85. The van der Waals surface area contributed by atoms with E-state index in [2.05, 4.69) is 22.4 Å². The van der Waals surface area contributed by atoms with E-state index in [1.165, 1.54) is 11.0 Å². The van der Waals surface area contributed by atoms with Crippen LogP contribution >= 0.6 is 12.2 Å². The number of hydrazone groups is 1. The fourth-order valence-electron chi connectivity index (χ4n) is 4.27. The van der Waals surface area contributed by atoms with Gasteiger partial charge >= 0.3 is 0 Å². The minimum Gasteiger partial charge on any atom is -0.292 e. The molecule has 0 unspecified atom stereocenters. The van der Waals surface area contributed by atoms with Crippen LogP contribution < -0.4 is 10.7 Å². The number of thiocarbonyl (C=S) groups is 1. The summed E-state index contributed by atoms with van der Waals surface area (Å²) in [5, 5.41) is 7.04. The lowest BCUT2D eigenvalue weighted by molar-refractivity contribution is -0.138. The number of nitrogens with one attached hydrogen (secondary N) is 2. The van der Waals surface area contributed by atoms with Crippen LogP contribution in [-0.2, 0) is 19.9 Å². The van der Waals surface area contributed by atoms with Crippen molar-refractivity contribution in [1.29, 1.82) is 0 Å². The van der Waals surface area contributed by atoms with Crippen molar-refractivity contribution in [3.8, 4) is 11.1 Å². The van der Waals surface area contributed by atoms with Crippen LogP contribution in [0.5, 0.6) is 0 Å². The number of hydrogen-bond donors (Lipinski definition) is 2. The second kappa shape index (κ2) is 6.85. The van der Waals surface area contributed by atoms with Gasteiger partial charge in [-0.3, -0.25) is 30.0 Å². The van der Waals surface area contributed by atoms with E-state index in [0.29, 0.717) is 0 Å². The van der Waals surface area contributed by atoms with Crippen molar-refractivity contribution in [2.75, 3.05) is 6.54 Å². The molecule has 9 heteroatoms. The van der Waals surface area contributed by atoms with Gasteiger partial charge in [0.25, 0.3) is 5.91 Å². The third kappa shape index (κ3) is 2.56. The molecule has 1 saturated heterocycles. The van der Waals surface area contributed by atoms with E-state index in [0.717, 1.165) is 27.2 Å². The fraction of sp³-hybridized carbons (Fsp3) is 0.136. The van der Waals surface area contributed by atoms with Crippen LogP contribution in [0.25, 0.3) is 11.1 Å². The van der Waals surface area contributed by atoms with Crippen LogP contribution in [0, 0.1) is 0 Å². The van der Waals surface area contributed by atoms with E-state index in [1.807, 2.05) is 48.5 Å². The number of hydrogen-bond acceptors (Lipinski definition) is 6. The van der Waals surface area contributed by atoms with Gasteiger partial charge in [0.15, 0.2) is 10.7 Å². The van der Waals surface area contributed by atoms with Gasteiger partial charge < -0.3 is 0 Å². The summed E-state index contributed by atoms with van der Waals surface area (Å²) in [4.78, 5) is 40.6. The molecular weight excluding hydrogens is 414 g/mol. The Balaban J connectivity index is 1.57.